The number of ether oxygens (including phenoxy) is 1. The van der Waals surface area contributed by atoms with E-state index >= 15 is 0 Å². The maximum absolute atomic E-state index is 12.7. The Morgan fingerprint density at radius 3 is 2.80 bits per heavy atom. The Balaban J connectivity index is 1.86. The summed E-state index contributed by atoms with van der Waals surface area (Å²) in [7, 11) is 0. The lowest BCUT2D eigenvalue weighted by Crippen LogP contribution is -2.48. The summed E-state index contributed by atoms with van der Waals surface area (Å²) in [5, 5.41) is 12.9. The van der Waals surface area contributed by atoms with Crippen molar-refractivity contribution < 1.29 is 9.53 Å². The van der Waals surface area contributed by atoms with E-state index in [0.717, 1.165) is 5.69 Å². The van der Waals surface area contributed by atoms with Gasteiger partial charge in [0.2, 0.25) is 0 Å². The van der Waals surface area contributed by atoms with E-state index in [9.17, 15) is 4.79 Å². The highest BCUT2D eigenvalue weighted by Gasteiger charge is 2.28. The van der Waals surface area contributed by atoms with E-state index in [1.165, 1.54) is 22.3 Å². The van der Waals surface area contributed by atoms with Crippen LogP contribution in [0.4, 0.5) is 0 Å². The van der Waals surface area contributed by atoms with Gasteiger partial charge in [-0.2, -0.15) is 4.68 Å². The van der Waals surface area contributed by atoms with Gasteiger partial charge in [-0.3, -0.25) is 4.79 Å². The number of rotatable bonds is 2. The van der Waals surface area contributed by atoms with E-state index in [4.69, 9.17) is 4.74 Å². The van der Waals surface area contributed by atoms with Gasteiger partial charge < -0.3 is 9.64 Å². The number of carbonyl (C=O) groups is 1. The first-order valence-corrected chi connectivity index (χ1v) is 7.28. The number of hydrogen-bond acceptors (Lipinski definition) is 6. The number of morpholine rings is 1. The lowest BCUT2D eigenvalue weighted by molar-refractivity contribution is -0.0585. The van der Waals surface area contributed by atoms with Crippen molar-refractivity contribution in [2.45, 2.75) is 26.1 Å². The van der Waals surface area contributed by atoms with Crippen molar-refractivity contribution in [1.82, 2.24) is 25.1 Å². The Kier molecular flexibility index (Phi) is 3.49. The molecule has 0 N–H and O–H groups in total. The Bertz CT molecular complexity index is 587. The molecule has 1 aliphatic heterocycles. The fourth-order valence-corrected chi connectivity index (χ4v) is 3.25. The van der Waals surface area contributed by atoms with Crippen LogP contribution in [0.25, 0.3) is 5.69 Å². The van der Waals surface area contributed by atoms with Gasteiger partial charge in [0.05, 0.1) is 17.9 Å². The average Bonchev–Trinajstić information content (AvgIpc) is 3.07. The fraction of sp³-hybridized carbons (Fsp3) is 0.500. The SMILES string of the molecule is CC1CN(C(=O)c2sccc2-n2cnnn2)CC(C)O1. The quantitative estimate of drug-likeness (QED) is 0.825. The molecule has 1 fully saturated rings. The Labute approximate surface area is 120 Å². The first kappa shape index (κ1) is 13.2. The zero-order valence-electron chi connectivity index (χ0n) is 11.3. The average molecular weight is 293 g/mol. The van der Waals surface area contributed by atoms with Gasteiger partial charge in [0, 0.05) is 13.1 Å². The predicted octanol–water partition coefficient (Wildman–Crippen LogP) is 0.973. The number of nitrogens with zero attached hydrogens (tertiary/aromatic N) is 5. The molecule has 1 saturated heterocycles. The Hall–Kier alpha value is -1.80. The molecule has 3 rings (SSSR count). The van der Waals surface area contributed by atoms with Gasteiger partial charge in [-0.1, -0.05) is 0 Å². The second-order valence-corrected chi connectivity index (χ2v) is 5.77. The molecule has 1 aliphatic rings. The highest BCUT2D eigenvalue weighted by molar-refractivity contribution is 7.12. The first-order chi connectivity index (χ1) is 9.65. The van der Waals surface area contributed by atoms with E-state index < -0.39 is 0 Å². The summed E-state index contributed by atoms with van der Waals surface area (Å²) in [6, 6.07) is 1.85. The van der Waals surface area contributed by atoms with Crippen LogP contribution in [0.15, 0.2) is 17.8 Å². The predicted molar refractivity (Wildman–Crippen MR) is 72.9 cm³/mol. The molecule has 1 amide bonds. The van der Waals surface area contributed by atoms with Crippen molar-refractivity contribution in [3.63, 3.8) is 0 Å². The van der Waals surface area contributed by atoms with Crippen LogP contribution in [0, 0.1) is 0 Å². The summed E-state index contributed by atoms with van der Waals surface area (Å²) < 4.78 is 7.17. The molecular weight excluding hydrogens is 278 g/mol. The number of aromatic nitrogens is 4. The summed E-state index contributed by atoms with van der Waals surface area (Å²) in [5.74, 6) is 0.00694. The van der Waals surface area contributed by atoms with Gasteiger partial charge in [-0.15, -0.1) is 16.4 Å². The molecule has 2 aromatic heterocycles. The second-order valence-electron chi connectivity index (χ2n) is 4.86. The van der Waals surface area contributed by atoms with Crippen LogP contribution in [0.2, 0.25) is 0 Å². The molecular formula is C12H15N5O2S. The van der Waals surface area contributed by atoms with Crippen molar-refractivity contribution in [2.24, 2.45) is 0 Å². The third-order valence-corrected chi connectivity index (χ3v) is 4.03. The number of amides is 1. The van der Waals surface area contributed by atoms with Gasteiger partial charge in [0.25, 0.3) is 5.91 Å². The number of hydrogen-bond donors (Lipinski definition) is 0. The third kappa shape index (κ3) is 2.44. The molecule has 20 heavy (non-hydrogen) atoms. The topological polar surface area (TPSA) is 73.1 Å². The highest BCUT2D eigenvalue weighted by Crippen LogP contribution is 2.23. The molecule has 2 unspecified atom stereocenters. The molecule has 0 spiro atoms. The zero-order valence-corrected chi connectivity index (χ0v) is 12.1. The van der Waals surface area contributed by atoms with E-state index in [-0.39, 0.29) is 18.1 Å². The number of carbonyl (C=O) groups excluding carboxylic acids is 1. The summed E-state index contributed by atoms with van der Waals surface area (Å²) in [6.45, 7) is 5.17. The van der Waals surface area contributed by atoms with Crippen LogP contribution >= 0.6 is 11.3 Å². The molecule has 0 aliphatic carbocycles. The molecule has 0 saturated carbocycles. The molecule has 8 heteroatoms. The van der Waals surface area contributed by atoms with Crippen molar-refractivity contribution in [1.29, 1.82) is 0 Å². The Morgan fingerprint density at radius 2 is 2.15 bits per heavy atom. The molecule has 106 valence electrons. The van der Waals surface area contributed by atoms with Gasteiger partial charge in [0.1, 0.15) is 11.2 Å². The zero-order chi connectivity index (χ0) is 14.1. The van der Waals surface area contributed by atoms with Gasteiger partial charge >= 0.3 is 0 Å². The summed E-state index contributed by atoms with van der Waals surface area (Å²) in [5.41, 5.74) is 0.719. The minimum Gasteiger partial charge on any atom is -0.372 e. The van der Waals surface area contributed by atoms with Crippen LogP contribution in [0.3, 0.4) is 0 Å². The van der Waals surface area contributed by atoms with E-state index in [1.807, 2.05) is 30.2 Å². The smallest absolute Gasteiger partial charge is 0.266 e. The molecule has 3 heterocycles. The number of thiophene rings is 1. The molecule has 2 atom stereocenters. The number of tetrazole rings is 1. The lowest BCUT2D eigenvalue weighted by Gasteiger charge is -2.35. The van der Waals surface area contributed by atoms with Crippen LogP contribution in [-0.2, 0) is 4.74 Å². The molecule has 0 bridgehead atoms. The largest absolute Gasteiger partial charge is 0.372 e. The van der Waals surface area contributed by atoms with Gasteiger partial charge in [-0.05, 0) is 35.7 Å². The monoisotopic (exact) mass is 293 g/mol. The van der Waals surface area contributed by atoms with Gasteiger partial charge in [0.15, 0.2) is 0 Å². The minimum atomic E-state index is 0.00694. The first-order valence-electron chi connectivity index (χ1n) is 6.40. The Morgan fingerprint density at radius 1 is 1.40 bits per heavy atom. The van der Waals surface area contributed by atoms with E-state index in [1.54, 1.807) is 0 Å². The van der Waals surface area contributed by atoms with Crippen LogP contribution < -0.4 is 0 Å². The van der Waals surface area contributed by atoms with E-state index in [2.05, 4.69) is 15.5 Å². The van der Waals surface area contributed by atoms with Gasteiger partial charge in [-0.25, -0.2) is 0 Å². The van der Waals surface area contributed by atoms with Crippen molar-refractivity contribution in [3.8, 4) is 5.69 Å². The summed E-state index contributed by atoms with van der Waals surface area (Å²) >= 11 is 1.40. The van der Waals surface area contributed by atoms with Crippen molar-refractivity contribution in [2.75, 3.05) is 13.1 Å². The van der Waals surface area contributed by atoms with E-state index in [0.29, 0.717) is 18.0 Å². The molecule has 2 aromatic rings. The lowest BCUT2D eigenvalue weighted by atomic mass is 10.2. The minimum absolute atomic E-state index is 0.00694. The van der Waals surface area contributed by atoms with Crippen LogP contribution in [-0.4, -0.2) is 56.3 Å². The van der Waals surface area contributed by atoms with Crippen LogP contribution in [0.5, 0.6) is 0 Å². The van der Waals surface area contributed by atoms with Crippen LogP contribution in [0.1, 0.15) is 23.5 Å². The summed E-state index contributed by atoms with van der Waals surface area (Å²) in [4.78, 5) is 15.2. The third-order valence-electron chi connectivity index (χ3n) is 3.14. The molecule has 7 nitrogen and oxygen atoms in total. The molecule has 0 aromatic carbocycles. The maximum atomic E-state index is 12.7. The summed E-state index contributed by atoms with van der Waals surface area (Å²) in [6.07, 6.45) is 1.60. The van der Waals surface area contributed by atoms with Crippen molar-refractivity contribution >= 4 is 17.2 Å². The standard InChI is InChI=1S/C12H15N5O2S/c1-8-5-16(6-9(2)19-8)12(18)11-10(3-4-20-11)17-7-13-14-15-17/h3-4,7-9H,5-6H2,1-2H3. The van der Waals surface area contributed by atoms with Crippen molar-refractivity contribution in [3.05, 3.63) is 22.7 Å². The second kappa shape index (κ2) is 5.29. The fourth-order valence-electron chi connectivity index (χ4n) is 2.40. The normalized spacial score (nSPS) is 23.0. The maximum Gasteiger partial charge on any atom is 0.266 e. The highest BCUT2D eigenvalue weighted by atomic mass is 32.1. The molecule has 0 radical (unpaired) electrons.